The van der Waals surface area contributed by atoms with Crippen LogP contribution in [0.2, 0.25) is 5.02 Å². The van der Waals surface area contributed by atoms with Gasteiger partial charge in [0.15, 0.2) is 0 Å². The molecule has 1 saturated heterocycles. The van der Waals surface area contributed by atoms with E-state index in [-0.39, 0.29) is 20.7 Å². The fraction of sp³-hybridized carbons (Fsp3) is 0.278. The van der Waals surface area contributed by atoms with Crippen molar-refractivity contribution in [3.63, 3.8) is 0 Å². The summed E-state index contributed by atoms with van der Waals surface area (Å²) in [7, 11) is 0. The first-order valence-electron chi connectivity index (χ1n) is 8.63. The molecule has 1 N–H and O–H groups in total. The van der Waals surface area contributed by atoms with Crippen LogP contribution in [0, 0.1) is 0 Å². The molecular weight excluding hydrogens is 493 g/mol. The first-order valence-corrected chi connectivity index (χ1v) is 9.80. The van der Waals surface area contributed by atoms with Gasteiger partial charge in [0, 0.05) is 38.4 Å². The van der Waals surface area contributed by atoms with Crippen LogP contribution in [0.3, 0.4) is 0 Å². The van der Waals surface area contributed by atoms with Crippen molar-refractivity contribution in [3.8, 4) is 5.75 Å². The lowest BCUT2D eigenvalue weighted by Crippen LogP contribution is -2.46. The molecule has 7 nitrogen and oxygen atoms in total. The number of alkyl halides is 3. The summed E-state index contributed by atoms with van der Waals surface area (Å²) in [5.41, 5.74) is 0.153. The van der Waals surface area contributed by atoms with Gasteiger partial charge in [-0.05, 0) is 34.1 Å². The van der Waals surface area contributed by atoms with Crippen molar-refractivity contribution < 1.29 is 27.5 Å². The minimum atomic E-state index is -4.89. The van der Waals surface area contributed by atoms with E-state index in [0.717, 1.165) is 12.5 Å². The zero-order valence-electron chi connectivity index (χ0n) is 15.2. The largest absolute Gasteiger partial charge is 0.573 e. The van der Waals surface area contributed by atoms with Gasteiger partial charge in [0.05, 0.1) is 20.7 Å². The number of carbonyl (C=O) groups excluding carboxylic acids is 2. The van der Waals surface area contributed by atoms with Gasteiger partial charge in [-0.25, -0.2) is 4.98 Å². The number of piperazine rings is 1. The van der Waals surface area contributed by atoms with Crippen LogP contribution in [0.1, 0.15) is 10.4 Å². The molecule has 0 unspecified atom stereocenters. The van der Waals surface area contributed by atoms with Crippen LogP contribution in [0.15, 0.2) is 34.9 Å². The van der Waals surface area contributed by atoms with Crippen LogP contribution in [-0.2, 0) is 4.79 Å². The third kappa shape index (κ3) is 5.54. The number of amides is 2. The molecule has 0 saturated carbocycles. The molecule has 2 amide bonds. The van der Waals surface area contributed by atoms with Gasteiger partial charge in [-0.15, -0.1) is 13.2 Å². The number of nitrogens with zero attached hydrogens (tertiary/aromatic N) is 3. The van der Waals surface area contributed by atoms with E-state index in [1.807, 2.05) is 4.90 Å². The molecule has 1 aliphatic heterocycles. The number of rotatable bonds is 5. The lowest BCUT2D eigenvalue weighted by atomic mass is 10.2. The number of carbonyl (C=O) groups is 2. The molecule has 0 aliphatic carbocycles. The quantitative estimate of drug-likeness (QED) is 0.621. The fourth-order valence-corrected chi connectivity index (χ4v) is 3.55. The van der Waals surface area contributed by atoms with Gasteiger partial charge < -0.3 is 19.9 Å². The zero-order valence-corrected chi connectivity index (χ0v) is 17.6. The molecule has 1 aliphatic rings. The summed E-state index contributed by atoms with van der Waals surface area (Å²) in [6, 6.07) is 5.38. The Morgan fingerprint density at radius 1 is 1.23 bits per heavy atom. The van der Waals surface area contributed by atoms with Gasteiger partial charge in [0.2, 0.25) is 6.41 Å². The van der Waals surface area contributed by atoms with Crippen molar-refractivity contribution in [1.82, 2.24) is 9.88 Å². The normalized spacial score (nSPS) is 14.4. The van der Waals surface area contributed by atoms with Crippen molar-refractivity contribution in [1.29, 1.82) is 0 Å². The summed E-state index contributed by atoms with van der Waals surface area (Å²) < 4.78 is 41.5. The van der Waals surface area contributed by atoms with Crippen LogP contribution in [0.5, 0.6) is 5.75 Å². The zero-order chi connectivity index (χ0) is 21.9. The second kappa shape index (κ2) is 9.09. The molecular formula is C18H15BrClF3N4O3. The van der Waals surface area contributed by atoms with Crippen molar-refractivity contribution >= 4 is 51.4 Å². The number of aromatic nitrogens is 1. The number of halogens is 5. The Kier molecular flexibility index (Phi) is 6.71. The fourth-order valence-electron chi connectivity index (χ4n) is 2.79. The lowest BCUT2D eigenvalue weighted by molar-refractivity contribution is -0.274. The van der Waals surface area contributed by atoms with E-state index in [2.05, 4.69) is 31.0 Å². The smallest absolute Gasteiger partial charge is 0.405 e. The molecule has 0 bridgehead atoms. The standard InChI is InChI=1S/C18H15BrClF3N4O3/c19-12-7-13(20)14(8-15(12)30-18(21,22)23)25-17(29)11-1-2-16(24-9-11)27-5-3-26(10-28)4-6-27/h1-2,7-10H,3-6H2,(H,25,29). The Morgan fingerprint density at radius 3 is 2.50 bits per heavy atom. The molecule has 1 aromatic carbocycles. The van der Waals surface area contributed by atoms with Gasteiger partial charge in [0.25, 0.3) is 5.91 Å². The number of nitrogens with one attached hydrogen (secondary N) is 1. The molecule has 1 fully saturated rings. The van der Waals surface area contributed by atoms with Gasteiger partial charge >= 0.3 is 6.36 Å². The van der Waals surface area contributed by atoms with Gasteiger partial charge in [-0.3, -0.25) is 9.59 Å². The minimum absolute atomic E-state index is 0.0106. The second-order valence-electron chi connectivity index (χ2n) is 6.30. The van der Waals surface area contributed by atoms with Crippen LogP contribution >= 0.6 is 27.5 Å². The first kappa shape index (κ1) is 22.2. The molecule has 2 heterocycles. The number of hydrogen-bond donors (Lipinski definition) is 1. The SMILES string of the molecule is O=CN1CCN(c2ccc(C(=O)Nc3cc(OC(F)(F)F)c(Br)cc3Cl)cn2)CC1. The molecule has 0 spiro atoms. The predicted molar refractivity (Wildman–Crippen MR) is 108 cm³/mol. The van der Waals surface area contributed by atoms with Crippen molar-refractivity contribution in [2.24, 2.45) is 0 Å². The number of pyridine rings is 1. The third-order valence-corrected chi connectivity index (χ3v) is 5.23. The Hall–Kier alpha value is -2.53. The topological polar surface area (TPSA) is 74.8 Å². The maximum absolute atomic E-state index is 12.5. The number of hydrogen-bond acceptors (Lipinski definition) is 5. The molecule has 30 heavy (non-hydrogen) atoms. The molecule has 0 radical (unpaired) electrons. The van der Waals surface area contributed by atoms with Crippen molar-refractivity contribution in [2.75, 3.05) is 36.4 Å². The Balaban J connectivity index is 1.70. The maximum atomic E-state index is 12.5. The highest BCUT2D eigenvalue weighted by molar-refractivity contribution is 9.10. The van der Waals surface area contributed by atoms with E-state index < -0.39 is 18.0 Å². The number of anilines is 2. The van der Waals surface area contributed by atoms with E-state index in [4.69, 9.17) is 11.6 Å². The summed E-state index contributed by atoms with van der Waals surface area (Å²) >= 11 is 8.96. The molecule has 160 valence electrons. The molecule has 3 rings (SSSR count). The highest BCUT2D eigenvalue weighted by Gasteiger charge is 2.32. The number of benzene rings is 1. The second-order valence-corrected chi connectivity index (χ2v) is 7.56. The molecule has 1 aromatic heterocycles. The van der Waals surface area contributed by atoms with E-state index in [9.17, 15) is 22.8 Å². The van der Waals surface area contributed by atoms with E-state index in [1.54, 1.807) is 17.0 Å². The average molecular weight is 508 g/mol. The first-order chi connectivity index (χ1) is 14.2. The minimum Gasteiger partial charge on any atom is -0.405 e. The van der Waals surface area contributed by atoms with E-state index in [1.165, 1.54) is 12.3 Å². The van der Waals surface area contributed by atoms with Crippen LogP contribution < -0.4 is 15.0 Å². The summed E-state index contributed by atoms with van der Waals surface area (Å²) in [6.45, 7) is 2.40. The van der Waals surface area contributed by atoms with Gasteiger partial charge in [0.1, 0.15) is 11.6 Å². The lowest BCUT2D eigenvalue weighted by Gasteiger charge is -2.33. The van der Waals surface area contributed by atoms with Crippen LogP contribution in [0.4, 0.5) is 24.7 Å². The Morgan fingerprint density at radius 2 is 1.93 bits per heavy atom. The van der Waals surface area contributed by atoms with E-state index >= 15 is 0 Å². The highest BCUT2D eigenvalue weighted by Crippen LogP contribution is 2.37. The maximum Gasteiger partial charge on any atom is 0.573 e. The number of ether oxygens (including phenoxy) is 1. The Labute approximate surface area is 182 Å². The van der Waals surface area contributed by atoms with Crippen LogP contribution in [-0.4, -0.2) is 54.7 Å². The van der Waals surface area contributed by atoms with Crippen molar-refractivity contribution in [3.05, 3.63) is 45.5 Å². The average Bonchev–Trinajstić information content (AvgIpc) is 2.70. The molecule has 12 heteroatoms. The summed E-state index contributed by atoms with van der Waals surface area (Å²) in [6.07, 6.45) is -2.73. The van der Waals surface area contributed by atoms with Gasteiger partial charge in [-0.2, -0.15) is 0 Å². The Bertz CT molecular complexity index is 936. The third-order valence-electron chi connectivity index (χ3n) is 4.29. The summed E-state index contributed by atoms with van der Waals surface area (Å²) in [5.74, 6) is -0.480. The molecule has 0 atom stereocenters. The van der Waals surface area contributed by atoms with Crippen molar-refractivity contribution in [2.45, 2.75) is 6.36 Å². The van der Waals surface area contributed by atoms with E-state index in [0.29, 0.717) is 32.0 Å². The molecule has 2 aromatic rings. The predicted octanol–water partition coefficient (Wildman–Crippen LogP) is 3.93. The summed E-state index contributed by atoms with van der Waals surface area (Å²) in [4.78, 5) is 31.2. The summed E-state index contributed by atoms with van der Waals surface area (Å²) in [5, 5.41) is 2.48. The highest BCUT2D eigenvalue weighted by atomic mass is 79.9. The van der Waals surface area contributed by atoms with Crippen LogP contribution in [0.25, 0.3) is 0 Å². The monoisotopic (exact) mass is 506 g/mol. The van der Waals surface area contributed by atoms with Gasteiger partial charge in [-0.1, -0.05) is 11.6 Å².